The molecule has 0 unspecified atom stereocenters. The van der Waals surface area contributed by atoms with Crippen LogP contribution in [0.5, 0.6) is 23.0 Å². The van der Waals surface area contributed by atoms with Crippen LogP contribution in [0.4, 0.5) is 0 Å². The second-order valence-corrected chi connectivity index (χ2v) is 10.3. The van der Waals surface area contributed by atoms with Gasteiger partial charge in [0.15, 0.2) is 17.2 Å². The van der Waals surface area contributed by atoms with Crippen molar-refractivity contribution in [2.45, 2.75) is 57.8 Å². The number of pyridine rings is 1. The smallest absolute Gasteiger partial charge is 0.329 e. The number of carbonyl (C=O) groups excluding carboxylic acids is 3. The maximum Gasteiger partial charge on any atom is 0.329 e. The number of hydrogen-bond donors (Lipinski definition) is 1. The third-order valence-corrected chi connectivity index (χ3v) is 7.17. The standard InChI is InChI=1S/C33H38N2O9/c1-22-30(44-26-14-8-5-9-15-26)24(18-20-40-25-12-6-4-7-13-25)11-10-16-27(33(38)43-22)35-32(37)29-31(42-21-41-23(2)36)28(39-3)17-19-34-29/h4-9,12-15,17,19,22,24,27,30H,10-11,16,18,20-21H2,1-3H3,(H,35,37)/t22-,24+,27-,30-/m0/s1. The number of ether oxygens (including phenoxy) is 6. The van der Waals surface area contributed by atoms with Gasteiger partial charge in [0, 0.05) is 25.1 Å². The van der Waals surface area contributed by atoms with Gasteiger partial charge in [-0.3, -0.25) is 9.59 Å². The average molecular weight is 607 g/mol. The van der Waals surface area contributed by atoms with Gasteiger partial charge in [-0.15, -0.1) is 0 Å². The van der Waals surface area contributed by atoms with Gasteiger partial charge in [0.1, 0.15) is 29.7 Å². The number of para-hydroxylation sites is 2. The largest absolute Gasteiger partial charge is 0.494 e. The molecule has 11 heteroatoms. The van der Waals surface area contributed by atoms with Crippen LogP contribution in [0.15, 0.2) is 72.9 Å². The fourth-order valence-electron chi connectivity index (χ4n) is 5.01. The molecule has 0 saturated carbocycles. The number of benzene rings is 2. The van der Waals surface area contributed by atoms with Crippen molar-refractivity contribution >= 4 is 17.8 Å². The van der Waals surface area contributed by atoms with Crippen molar-refractivity contribution in [3.63, 3.8) is 0 Å². The number of esters is 2. The van der Waals surface area contributed by atoms with E-state index < -0.39 is 42.9 Å². The van der Waals surface area contributed by atoms with Gasteiger partial charge >= 0.3 is 11.9 Å². The minimum absolute atomic E-state index is 0.00232. The van der Waals surface area contributed by atoms with Crippen molar-refractivity contribution in [1.82, 2.24) is 10.3 Å². The van der Waals surface area contributed by atoms with Crippen LogP contribution in [0.1, 0.15) is 50.0 Å². The third-order valence-electron chi connectivity index (χ3n) is 7.17. The summed E-state index contributed by atoms with van der Waals surface area (Å²) in [7, 11) is 1.40. The Morgan fingerprint density at radius 3 is 2.36 bits per heavy atom. The van der Waals surface area contributed by atoms with Crippen molar-refractivity contribution in [3.05, 3.63) is 78.6 Å². The Kier molecular flexibility index (Phi) is 11.8. The normalized spacial score (nSPS) is 20.1. The van der Waals surface area contributed by atoms with E-state index in [0.29, 0.717) is 38.0 Å². The van der Waals surface area contributed by atoms with Crippen LogP contribution in [-0.2, 0) is 19.1 Å². The first-order chi connectivity index (χ1) is 21.4. The van der Waals surface area contributed by atoms with E-state index in [1.807, 2.05) is 60.7 Å². The van der Waals surface area contributed by atoms with Crippen molar-refractivity contribution < 1.29 is 42.8 Å². The topological polar surface area (TPSA) is 132 Å². The van der Waals surface area contributed by atoms with Gasteiger partial charge in [0.25, 0.3) is 5.91 Å². The highest BCUT2D eigenvalue weighted by atomic mass is 16.7. The van der Waals surface area contributed by atoms with E-state index in [1.54, 1.807) is 6.92 Å². The van der Waals surface area contributed by atoms with Gasteiger partial charge in [-0.05, 0) is 50.5 Å². The molecule has 0 bridgehead atoms. The summed E-state index contributed by atoms with van der Waals surface area (Å²) in [6.45, 7) is 3.05. The monoisotopic (exact) mass is 606 g/mol. The lowest BCUT2D eigenvalue weighted by atomic mass is 9.89. The van der Waals surface area contributed by atoms with Gasteiger partial charge in [-0.1, -0.05) is 42.8 Å². The molecule has 4 rings (SSSR count). The molecule has 0 radical (unpaired) electrons. The Hall–Kier alpha value is -4.80. The van der Waals surface area contributed by atoms with E-state index in [4.69, 9.17) is 28.4 Å². The molecule has 2 heterocycles. The summed E-state index contributed by atoms with van der Waals surface area (Å²) >= 11 is 0. The van der Waals surface area contributed by atoms with Crippen LogP contribution < -0.4 is 24.3 Å². The number of carbonyl (C=O) groups is 3. The van der Waals surface area contributed by atoms with Crippen LogP contribution in [0.3, 0.4) is 0 Å². The molecule has 1 amide bonds. The number of amides is 1. The number of methoxy groups -OCH3 is 1. The molecule has 1 N–H and O–H groups in total. The maximum absolute atomic E-state index is 13.4. The van der Waals surface area contributed by atoms with E-state index in [1.165, 1.54) is 26.3 Å². The van der Waals surface area contributed by atoms with Crippen LogP contribution in [0.25, 0.3) is 0 Å². The van der Waals surface area contributed by atoms with Gasteiger partial charge in [-0.25, -0.2) is 9.78 Å². The molecular weight excluding hydrogens is 568 g/mol. The number of cyclic esters (lactones) is 1. The zero-order chi connectivity index (χ0) is 31.3. The highest BCUT2D eigenvalue weighted by Crippen LogP contribution is 2.31. The van der Waals surface area contributed by atoms with Crippen molar-refractivity contribution in [1.29, 1.82) is 0 Å². The Morgan fingerprint density at radius 1 is 0.977 bits per heavy atom. The maximum atomic E-state index is 13.4. The molecule has 3 aromatic rings. The minimum Gasteiger partial charge on any atom is -0.494 e. The first-order valence-corrected chi connectivity index (χ1v) is 14.6. The zero-order valence-electron chi connectivity index (χ0n) is 25.1. The molecule has 234 valence electrons. The lowest BCUT2D eigenvalue weighted by Gasteiger charge is -2.31. The summed E-state index contributed by atoms with van der Waals surface area (Å²) in [5.74, 6) is -0.167. The van der Waals surface area contributed by atoms with Crippen molar-refractivity contribution in [3.8, 4) is 23.0 Å². The lowest BCUT2D eigenvalue weighted by molar-refractivity contribution is -0.156. The number of nitrogens with one attached hydrogen (secondary N) is 1. The van der Waals surface area contributed by atoms with Gasteiger partial charge in [0.05, 0.1) is 13.7 Å². The predicted molar refractivity (Wildman–Crippen MR) is 160 cm³/mol. The fraction of sp³-hybridized carbons (Fsp3) is 0.394. The minimum atomic E-state index is -0.948. The number of nitrogens with zero attached hydrogens (tertiary/aromatic N) is 1. The average Bonchev–Trinajstić information content (AvgIpc) is 3.07. The predicted octanol–water partition coefficient (Wildman–Crippen LogP) is 4.74. The molecule has 0 aliphatic carbocycles. The first-order valence-electron chi connectivity index (χ1n) is 14.6. The van der Waals surface area contributed by atoms with Crippen LogP contribution in [-0.4, -0.2) is 61.6 Å². The lowest BCUT2D eigenvalue weighted by Crippen LogP contribution is -2.45. The second-order valence-electron chi connectivity index (χ2n) is 10.3. The second kappa shape index (κ2) is 16.2. The highest BCUT2D eigenvalue weighted by Gasteiger charge is 2.36. The van der Waals surface area contributed by atoms with E-state index in [2.05, 4.69) is 10.3 Å². The SMILES string of the molecule is COc1ccnc(C(=O)N[C@H]2CCC[C@H](CCOc3ccccc3)[C@@H](Oc3ccccc3)[C@H](C)OC2=O)c1OCOC(C)=O. The van der Waals surface area contributed by atoms with Gasteiger partial charge < -0.3 is 33.7 Å². The molecule has 1 fully saturated rings. The summed E-state index contributed by atoms with van der Waals surface area (Å²) < 4.78 is 34.0. The molecule has 1 saturated heterocycles. The van der Waals surface area contributed by atoms with E-state index >= 15 is 0 Å². The van der Waals surface area contributed by atoms with Gasteiger partial charge in [0.2, 0.25) is 6.79 Å². The summed E-state index contributed by atoms with van der Waals surface area (Å²) in [6, 6.07) is 19.5. The molecule has 11 nitrogen and oxygen atoms in total. The summed E-state index contributed by atoms with van der Waals surface area (Å²) in [6.07, 6.45) is 2.62. The van der Waals surface area contributed by atoms with E-state index in [9.17, 15) is 14.4 Å². The number of hydrogen-bond acceptors (Lipinski definition) is 10. The molecule has 2 aromatic carbocycles. The number of aromatic nitrogens is 1. The molecule has 4 atom stereocenters. The fourth-order valence-corrected chi connectivity index (χ4v) is 5.01. The van der Waals surface area contributed by atoms with Crippen LogP contribution in [0, 0.1) is 5.92 Å². The highest BCUT2D eigenvalue weighted by molar-refractivity contribution is 5.98. The zero-order valence-corrected chi connectivity index (χ0v) is 25.1. The molecular formula is C33H38N2O9. The number of rotatable bonds is 12. The quantitative estimate of drug-likeness (QED) is 0.228. The first kappa shape index (κ1) is 32.1. The van der Waals surface area contributed by atoms with Crippen molar-refractivity contribution in [2.24, 2.45) is 5.92 Å². The van der Waals surface area contributed by atoms with E-state index in [-0.39, 0.29) is 23.1 Å². The van der Waals surface area contributed by atoms with E-state index in [0.717, 1.165) is 5.75 Å². The van der Waals surface area contributed by atoms with Crippen LogP contribution >= 0.6 is 0 Å². The van der Waals surface area contributed by atoms with Gasteiger partial charge in [-0.2, -0.15) is 0 Å². The Bertz CT molecular complexity index is 1370. The molecule has 1 aliphatic heterocycles. The summed E-state index contributed by atoms with van der Waals surface area (Å²) in [4.78, 5) is 42.1. The molecule has 0 spiro atoms. The Morgan fingerprint density at radius 2 is 1.68 bits per heavy atom. The molecule has 1 aliphatic rings. The van der Waals surface area contributed by atoms with Crippen molar-refractivity contribution in [2.75, 3.05) is 20.5 Å². The third kappa shape index (κ3) is 9.10. The Labute approximate surface area is 256 Å². The molecule has 44 heavy (non-hydrogen) atoms. The summed E-state index contributed by atoms with van der Waals surface area (Å²) in [5, 5.41) is 2.75. The summed E-state index contributed by atoms with van der Waals surface area (Å²) in [5.41, 5.74) is -0.126. The Balaban J connectivity index is 1.49. The molecule has 1 aromatic heterocycles. The van der Waals surface area contributed by atoms with Crippen LogP contribution in [0.2, 0.25) is 0 Å².